The van der Waals surface area contributed by atoms with Gasteiger partial charge < -0.3 is 10.2 Å². The van der Waals surface area contributed by atoms with Crippen LogP contribution in [0.2, 0.25) is 5.15 Å². The van der Waals surface area contributed by atoms with Gasteiger partial charge in [0.1, 0.15) is 16.8 Å². The highest BCUT2D eigenvalue weighted by Crippen LogP contribution is 2.38. The summed E-state index contributed by atoms with van der Waals surface area (Å²) >= 11 is 6.07. The lowest BCUT2D eigenvalue weighted by atomic mass is 10.3. The number of nitrogens with zero attached hydrogens (tertiary/aromatic N) is 3. The third-order valence-corrected chi connectivity index (χ3v) is 3.97. The number of hydrogen-bond acceptors (Lipinski definition) is 4. The van der Waals surface area contributed by atoms with Gasteiger partial charge in [0.15, 0.2) is 0 Å². The van der Waals surface area contributed by atoms with Crippen LogP contribution in [0.1, 0.15) is 44.3 Å². The van der Waals surface area contributed by atoms with Crippen LogP contribution in [0, 0.1) is 0 Å². The van der Waals surface area contributed by atoms with Crippen LogP contribution in [0.15, 0.2) is 6.07 Å². The molecule has 2 fully saturated rings. The van der Waals surface area contributed by atoms with E-state index in [9.17, 15) is 0 Å². The summed E-state index contributed by atoms with van der Waals surface area (Å²) in [5.74, 6) is 2.31. The van der Waals surface area contributed by atoms with Crippen LogP contribution in [0.3, 0.4) is 0 Å². The molecule has 104 valence electrons. The molecule has 5 heteroatoms. The van der Waals surface area contributed by atoms with Crippen molar-refractivity contribution in [2.45, 2.75) is 44.6 Å². The summed E-state index contributed by atoms with van der Waals surface area (Å²) in [6, 6.07) is 2.21. The Balaban J connectivity index is 1.61. The average molecular weight is 281 g/mol. The first-order chi connectivity index (χ1) is 9.20. The number of likely N-dealkylation sites (tertiary alicyclic amines) is 1. The lowest BCUT2D eigenvalue weighted by molar-refractivity contribution is 0.327. The van der Waals surface area contributed by atoms with Gasteiger partial charge in [-0.05, 0) is 45.7 Å². The van der Waals surface area contributed by atoms with E-state index in [1.54, 1.807) is 0 Å². The minimum atomic E-state index is 0.385. The Morgan fingerprint density at radius 2 is 2.11 bits per heavy atom. The molecule has 1 saturated heterocycles. The lowest BCUT2D eigenvalue weighted by Gasteiger charge is -2.21. The number of halogens is 1. The zero-order valence-corrected chi connectivity index (χ0v) is 12.2. The number of rotatable bonds is 5. The summed E-state index contributed by atoms with van der Waals surface area (Å²) in [6.07, 6.45) is 5.06. The Morgan fingerprint density at radius 3 is 2.79 bits per heavy atom. The van der Waals surface area contributed by atoms with Gasteiger partial charge in [0.25, 0.3) is 0 Å². The maximum atomic E-state index is 6.07. The Labute approximate surface area is 119 Å². The van der Waals surface area contributed by atoms with Gasteiger partial charge in [0.2, 0.25) is 0 Å². The summed E-state index contributed by atoms with van der Waals surface area (Å²) in [5, 5.41) is 4.00. The number of aromatic nitrogens is 2. The molecule has 1 aromatic heterocycles. The lowest BCUT2D eigenvalue weighted by Crippen LogP contribution is -2.33. The fourth-order valence-corrected chi connectivity index (χ4v) is 2.87. The third kappa shape index (κ3) is 3.57. The van der Waals surface area contributed by atoms with Crippen LogP contribution < -0.4 is 5.32 Å². The molecule has 3 rings (SSSR count). The first-order valence-electron chi connectivity index (χ1n) is 7.24. The fraction of sp³-hybridized carbons (Fsp3) is 0.714. The molecule has 1 unspecified atom stereocenters. The zero-order chi connectivity index (χ0) is 13.2. The van der Waals surface area contributed by atoms with Gasteiger partial charge >= 0.3 is 0 Å². The molecule has 0 amide bonds. The van der Waals surface area contributed by atoms with Crippen LogP contribution in [-0.2, 0) is 0 Å². The van der Waals surface area contributed by atoms with E-state index >= 15 is 0 Å². The molecule has 2 heterocycles. The summed E-state index contributed by atoms with van der Waals surface area (Å²) in [5.41, 5.74) is 0. The Morgan fingerprint density at radius 1 is 1.37 bits per heavy atom. The highest BCUT2D eigenvalue weighted by molar-refractivity contribution is 6.29. The van der Waals surface area contributed by atoms with E-state index in [4.69, 9.17) is 11.6 Å². The first kappa shape index (κ1) is 13.1. The van der Waals surface area contributed by atoms with Crippen LogP contribution in [0.4, 0.5) is 5.82 Å². The van der Waals surface area contributed by atoms with Crippen molar-refractivity contribution in [3.8, 4) is 0 Å². The van der Waals surface area contributed by atoms with E-state index in [2.05, 4.69) is 27.1 Å². The fourth-order valence-electron chi connectivity index (χ4n) is 2.68. The van der Waals surface area contributed by atoms with Crippen molar-refractivity contribution in [3.05, 3.63) is 17.0 Å². The number of nitrogens with one attached hydrogen (secondary N) is 1. The van der Waals surface area contributed by atoms with Crippen molar-refractivity contribution in [2.24, 2.45) is 0 Å². The maximum Gasteiger partial charge on any atom is 0.135 e. The topological polar surface area (TPSA) is 41.0 Å². The molecular weight excluding hydrogens is 260 g/mol. The minimum absolute atomic E-state index is 0.385. The number of hydrogen-bond donors (Lipinski definition) is 1. The first-order valence-corrected chi connectivity index (χ1v) is 7.62. The van der Waals surface area contributed by atoms with Gasteiger partial charge in [-0.2, -0.15) is 0 Å². The minimum Gasteiger partial charge on any atom is -0.366 e. The largest absolute Gasteiger partial charge is 0.366 e. The molecule has 1 aromatic rings. The Kier molecular flexibility index (Phi) is 3.89. The molecule has 1 aliphatic heterocycles. The van der Waals surface area contributed by atoms with Crippen molar-refractivity contribution in [3.63, 3.8) is 0 Å². The summed E-state index contributed by atoms with van der Waals surface area (Å²) in [4.78, 5) is 11.4. The van der Waals surface area contributed by atoms with E-state index in [0.29, 0.717) is 17.1 Å². The van der Waals surface area contributed by atoms with Crippen LogP contribution in [0.5, 0.6) is 0 Å². The van der Waals surface area contributed by atoms with Crippen LogP contribution in [-0.4, -0.2) is 40.5 Å². The predicted octanol–water partition coefficient (Wildman–Crippen LogP) is 2.90. The van der Waals surface area contributed by atoms with E-state index in [-0.39, 0.29) is 0 Å². The monoisotopic (exact) mass is 280 g/mol. The highest BCUT2D eigenvalue weighted by Gasteiger charge is 2.27. The van der Waals surface area contributed by atoms with E-state index in [1.165, 1.54) is 38.8 Å². The molecule has 1 atom stereocenters. The smallest absolute Gasteiger partial charge is 0.135 e. The second-order valence-electron chi connectivity index (χ2n) is 5.76. The quantitative estimate of drug-likeness (QED) is 0.842. The van der Waals surface area contributed by atoms with Crippen LogP contribution >= 0.6 is 11.6 Å². The maximum absolute atomic E-state index is 6.07. The standard InChI is InChI=1S/C14H21ClN4/c1-10(9-19-6-2-3-7-19)16-13-8-12(15)17-14(18-13)11-4-5-11/h8,10-11H,2-7,9H2,1H3,(H,16,17,18). The SMILES string of the molecule is CC(CN1CCCC1)Nc1cc(Cl)nc(C2CC2)n1. The van der Waals surface area contributed by atoms with Gasteiger partial charge in [-0.25, -0.2) is 9.97 Å². The van der Waals surface area contributed by atoms with Gasteiger partial charge in [0.05, 0.1) is 0 Å². The number of anilines is 1. The Hall–Kier alpha value is -0.870. The van der Waals surface area contributed by atoms with Gasteiger partial charge in [0, 0.05) is 24.6 Å². The summed E-state index contributed by atoms with van der Waals surface area (Å²) < 4.78 is 0. The van der Waals surface area contributed by atoms with E-state index in [1.807, 2.05) is 6.07 Å². The van der Waals surface area contributed by atoms with Gasteiger partial charge in [-0.3, -0.25) is 0 Å². The molecule has 0 bridgehead atoms. The average Bonchev–Trinajstić information content (AvgIpc) is 3.08. The third-order valence-electron chi connectivity index (χ3n) is 3.78. The zero-order valence-electron chi connectivity index (χ0n) is 11.4. The van der Waals surface area contributed by atoms with E-state index in [0.717, 1.165) is 18.2 Å². The van der Waals surface area contributed by atoms with Crippen molar-refractivity contribution in [1.29, 1.82) is 0 Å². The van der Waals surface area contributed by atoms with Crippen molar-refractivity contribution < 1.29 is 0 Å². The molecule has 1 N–H and O–H groups in total. The molecule has 1 aliphatic carbocycles. The molecule has 2 aliphatic rings. The molecule has 0 spiro atoms. The van der Waals surface area contributed by atoms with Gasteiger partial charge in [-0.15, -0.1) is 0 Å². The highest BCUT2D eigenvalue weighted by atomic mass is 35.5. The van der Waals surface area contributed by atoms with Crippen molar-refractivity contribution in [2.75, 3.05) is 25.0 Å². The second kappa shape index (κ2) is 5.63. The van der Waals surface area contributed by atoms with Crippen molar-refractivity contribution >= 4 is 17.4 Å². The molecular formula is C14H21ClN4. The molecule has 19 heavy (non-hydrogen) atoms. The Bertz CT molecular complexity index is 441. The summed E-state index contributed by atoms with van der Waals surface area (Å²) in [7, 11) is 0. The van der Waals surface area contributed by atoms with Crippen molar-refractivity contribution in [1.82, 2.24) is 14.9 Å². The molecule has 4 nitrogen and oxygen atoms in total. The normalized spacial score (nSPS) is 21.6. The molecule has 0 aromatic carbocycles. The van der Waals surface area contributed by atoms with E-state index < -0.39 is 0 Å². The predicted molar refractivity (Wildman–Crippen MR) is 77.8 cm³/mol. The second-order valence-corrected chi connectivity index (χ2v) is 6.15. The van der Waals surface area contributed by atoms with Crippen LogP contribution in [0.25, 0.3) is 0 Å². The molecule has 1 saturated carbocycles. The molecule has 0 radical (unpaired) electrons. The van der Waals surface area contributed by atoms with Gasteiger partial charge in [-0.1, -0.05) is 11.6 Å². The summed E-state index contributed by atoms with van der Waals surface area (Å²) in [6.45, 7) is 5.72.